The highest BCUT2D eigenvalue weighted by molar-refractivity contribution is 7.18. The van der Waals surface area contributed by atoms with Crippen molar-refractivity contribution in [1.82, 2.24) is 0 Å². The van der Waals surface area contributed by atoms with Crippen LogP contribution in [0.2, 0.25) is 0 Å². The van der Waals surface area contributed by atoms with Gasteiger partial charge in [0.1, 0.15) is 0 Å². The summed E-state index contributed by atoms with van der Waals surface area (Å²) >= 11 is 0. The standard InChI is InChI=1S/C6H15OP/c1-5(2)7-6(3,4)8/h5H,8H2,1-4H3. The van der Waals surface area contributed by atoms with Gasteiger partial charge in [-0.15, -0.1) is 9.24 Å². The number of ether oxygens (including phenoxy) is 1. The van der Waals surface area contributed by atoms with E-state index in [-0.39, 0.29) is 5.34 Å². The van der Waals surface area contributed by atoms with E-state index in [0.29, 0.717) is 6.10 Å². The minimum atomic E-state index is -0.0613. The Bertz CT molecular complexity index is 63.4. The van der Waals surface area contributed by atoms with Crippen LogP contribution < -0.4 is 0 Å². The average molecular weight is 134 g/mol. The Labute approximate surface area is 54.0 Å². The Morgan fingerprint density at radius 2 is 1.75 bits per heavy atom. The van der Waals surface area contributed by atoms with Gasteiger partial charge in [0.25, 0.3) is 0 Å². The molecule has 0 saturated heterocycles. The first-order valence-corrected chi connectivity index (χ1v) is 3.46. The van der Waals surface area contributed by atoms with E-state index in [4.69, 9.17) is 4.74 Å². The average Bonchev–Trinajstić information content (AvgIpc) is 1.21. The first kappa shape index (κ1) is 8.39. The van der Waals surface area contributed by atoms with Crippen molar-refractivity contribution in [2.24, 2.45) is 0 Å². The summed E-state index contributed by atoms with van der Waals surface area (Å²) in [6.07, 6.45) is 0.322. The third-order valence-electron chi connectivity index (χ3n) is 0.539. The van der Waals surface area contributed by atoms with E-state index in [0.717, 1.165) is 0 Å². The van der Waals surface area contributed by atoms with Crippen molar-refractivity contribution >= 4 is 9.24 Å². The van der Waals surface area contributed by atoms with Crippen molar-refractivity contribution in [2.75, 3.05) is 0 Å². The molecule has 0 bridgehead atoms. The fourth-order valence-electron chi connectivity index (χ4n) is 0.607. The van der Waals surface area contributed by atoms with Crippen LogP contribution in [0.15, 0.2) is 0 Å². The van der Waals surface area contributed by atoms with Gasteiger partial charge < -0.3 is 4.74 Å². The van der Waals surface area contributed by atoms with Crippen molar-refractivity contribution in [3.05, 3.63) is 0 Å². The molecule has 1 atom stereocenters. The molecule has 0 rings (SSSR count). The molecule has 0 aliphatic heterocycles. The van der Waals surface area contributed by atoms with Gasteiger partial charge in [-0.2, -0.15) is 0 Å². The SMILES string of the molecule is CC(C)OC(C)(C)P. The van der Waals surface area contributed by atoms with Crippen LogP contribution in [0.5, 0.6) is 0 Å². The van der Waals surface area contributed by atoms with Gasteiger partial charge >= 0.3 is 0 Å². The first-order chi connectivity index (χ1) is 3.42. The summed E-state index contributed by atoms with van der Waals surface area (Å²) in [4.78, 5) is 0. The van der Waals surface area contributed by atoms with Crippen molar-refractivity contribution in [2.45, 2.75) is 39.1 Å². The smallest absolute Gasteiger partial charge is 0.0761 e. The summed E-state index contributed by atoms with van der Waals surface area (Å²) in [6.45, 7) is 8.12. The van der Waals surface area contributed by atoms with Crippen LogP contribution >= 0.6 is 9.24 Å². The molecule has 0 amide bonds. The van der Waals surface area contributed by atoms with E-state index < -0.39 is 0 Å². The van der Waals surface area contributed by atoms with E-state index in [2.05, 4.69) is 9.24 Å². The Morgan fingerprint density at radius 3 is 1.75 bits per heavy atom. The highest BCUT2D eigenvalue weighted by Crippen LogP contribution is 2.19. The van der Waals surface area contributed by atoms with Crippen molar-refractivity contribution in [1.29, 1.82) is 0 Å². The third kappa shape index (κ3) is 6.39. The van der Waals surface area contributed by atoms with E-state index in [1.165, 1.54) is 0 Å². The molecule has 0 radical (unpaired) electrons. The van der Waals surface area contributed by atoms with Gasteiger partial charge in [0.05, 0.1) is 11.4 Å². The predicted molar refractivity (Wildman–Crippen MR) is 40.0 cm³/mol. The second-order valence-electron chi connectivity index (χ2n) is 2.77. The van der Waals surface area contributed by atoms with Gasteiger partial charge in [0.15, 0.2) is 0 Å². The van der Waals surface area contributed by atoms with Gasteiger partial charge in [0.2, 0.25) is 0 Å². The largest absolute Gasteiger partial charge is 0.369 e. The third-order valence-corrected chi connectivity index (χ3v) is 0.676. The highest BCUT2D eigenvalue weighted by Gasteiger charge is 2.11. The maximum absolute atomic E-state index is 5.40. The molecule has 0 aromatic carbocycles. The molecular formula is C6H15OP. The lowest BCUT2D eigenvalue weighted by Crippen LogP contribution is -2.19. The molecule has 50 valence electrons. The van der Waals surface area contributed by atoms with E-state index in [1.807, 2.05) is 27.7 Å². The fourth-order valence-corrected chi connectivity index (χ4v) is 0.880. The monoisotopic (exact) mass is 134 g/mol. The number of rotatable bonds is 2. The molecule has 8 heavy (non-hydrogen) atoms. The molecule has 0 aliphatic rings. The predicted octanol–water partition coefficient (Wildman–Crippen LogP) is 2.02. The van der Waals surface area contributed by atoms with Crippen molar-refractivity contribution in [3.8, 4) is 0 Å². The van der Waals surface area contributed by atoms with Crippen LogP contribution in [-0.4, -0.2) is 11.4 Å². The zero-order valence-corrected chi connectivity index (χ0v) is 7.22. The molecule has 0 heterocycles. The zero-order valence-electron chi connectivity index (χ0n) is 6.06. The molecule has 2 heteroatoms. The van der Waals surface area contributed by atoms with E-state index in [1.54, 1.807) is 0 Å². The van der Waals surface area contributed by atoms with Crippen LogP contribution in [0.4, 0.5) is 0 Å². The lowest BCUT2D eigenvalue weighted by Gasteiger charge is -2.21. The maximum atomic E-state index is 5.40. The van der Waals surface area contributed by atoms with Gasteiger partial charge in [0, 0.05) is 0 Å². The van der Waals surface area contributed by atoms with E-state index in [9.17, 15) is 0 Å². The van der Waals surface area contributed by atoms with Gasteiger partial charge in [-0.05, 0) is 27.7 Å². The second-order valence-corrected chi connectivity index (χ2v) is 4.16. The van der Waals surface area contributed by atoms with Crippen LogP contribution in [0.25, 0.3) is 0 Å². The molecular weight excluding hydrogens is 119 g/mol. The topological polar surface area (TPSA) is 9.23 Å². The van der Waals surface area contributed by atoms with E-state index >= 15 is 0 Å². The summed E-state index contributed by atoms with van der Waals surface area (Å²) in [5.41, 5.74) is 0. The second kappa shape index (κ2) is 2.80. The van der Waals surface area contributed by atoms with Crippen LogP contribution in [0.1, 0.15) is 27.7 Å². The lowest BCUT2D eigenvalue weighted by molar-refractivity contribution is 0.00568. The Hall–Kier alpha value is 0.390. The molecule has 0 spiro atoms. The Balaban J connectivity index is 3.39. The zero-order chi connectivity index (χ0) is 6.78. The lowest BCUT2D eigenvalue weighted by atomic mass is 10.4. The van der Waals surface area contributed by atoms with Gasteiger partial charge in [-0.1, -0.05) is 0 Å². The molecule has 1 unspecified atom stereocenters. The molecule has 0 saturated carbocycles. The van der Waals surface area contributed by atoms with Crippen molar-refractivity contribution < 1.29 is 4.74 Å². The Kier molecular flexibility index (Phi) is 2.93. The highest BCUT2D eigenvalue weighted by atomic mass is 31.0. The van der Waals surface area contributed by atoms with Gasteiger partial charge in [-0.25, -0.2) is 0 Å². The van der Waals surface area contributed by atoms with Crippen LogP contribution in [-0.2, 0) is 4.74 Å². The summed E-state index contributed by atoms with van der Waals surface area (Å²) in [6, 6.07) is 0. The maximum Gasteiger partial charge on any atom is 0.0761 e. The normalized spacial score (nSPS) is 12.8. The summed E-state index contributed by atoms with van der Waals surface area (Å²) in [7, 11) is 2.64. The molecule has 0 aliphatic carbocycles. The molecule has 0 N–H and O–H groups in total. The summed E-state index contributed by atoms with van der Waals surface area (Å²) in [5.74, 6) is 0. The summed E-state index contributed by atoms with van der Waals surface area (Å²) in [5, 5.41) is -0.0613. The minimum absolute atomic E-state index is 0.0613. The van der Waals surface area contributed by atoms with Crippen molar-refractivity contribution in [3.63, 3.8) is 0 Å². The molecule has 0 fully saturated rings. The Morgan fingerprint density at radius 1 is 1.38 bits per heavy atom. The fraction of sp³-hybridized carbons (Fsp3) is 1.00. The van der Waals surface area contributed by atoms with Gasteiger partial charge in [-0.3, -0.25) is 0 Å². The summed E-state index contributed by atoms with van der Waals surface area (Å²) < 4.78 is 5.40. The van der Waals surface area contributed by atoms with Crippen LogP contribution in [0.3, 0.4) is 0 Å². The molecule has 0 aromatic rings. The minimum Gasteiger partial charge on any atom is -0.369 e. The molecule has 1 nitrogen and oxygen atoms in total. The van der Waals surface area contributed by atoms with Crippen LogP contribution in [0, 0.1) is 0 Å². The first-order valence-electron chi connectivity index (χ1n) is 2.88. The molecule has 0 aromatic heterocycles. The number of hydrogen-bond donors (Lipinski definition) is 0. The quantitative estimate of drug-likeness (QED) is 0.525. The number of hydrogen-bond acceptors (Lipinski definition) is 1.